The van der Waals surface area contributed by atoms with Crippen LogP contribution in [0.15, 0.2) is 22.5 Å². The highest BCUT2D eigenvalue weighted by Gasteiger charge is 2.38. The van der Waals surface area contributed by atoms with Gasteiger partial charge in [0.25, 0.3) is 0 Å². The molecule has 8 heteroatoms. The van der Waals surface area contributed by atoms with E-state index in [1.165, 1.54) is 16.3 Å². The molecule has 2 atom stereocenters. The van der Waals surface area contributed by atoms with Gasteiger partial charge in [-0.1, -0.05) is 0 Å². The topological polar surface area (TPSA) is 88.6 Å². The number of nitrogens with two attached hydrogens (primary N) is 1. The van der Waals surface area contributed by atoms with Gasteiger partial charge in [0, 0.05) is 18.9 Å². The van der Waals surface area contributed by atoms with E-state index in [-0.39, 0.29) is 16.4 Å². The molecule has 2 heterocycles. The van der Waals surface area contributed by atoms with Gasteiger partial charge in [-0.2, -0.15) is 4.98 Å². The van der Waals surface area contributed by atoms with Crippen LogP contribution in [-0.2, 0) is 14.2 Å². The highest BCUT2D eigenvalue weighted by Crippen LogP contribution is 2.45. The number of nitrogens with zero attached hydrogens (tertiary/aromatic N) is 2. The number of anilines is 1. The first-order valence-corrected chi connectivity index (χ1v) is 7.29. The minimum Gasteiger partial charge on any atom is -0.496 e. The Labute approximate surface area is 127 Å². The second-order valence-electron chi connectivity index (χ2n) is 4.57. The minimum atomic E-state index is -0.418. The quantitative estimate of drug-likeness (QED) is 0.864. The van der Waals surface area contributed by atoms with Crippen LogP contribution in [0.25, 0.3) is 0 Å². The van der Waals surface area contributed by atoms with Crippen molar-refractivity contribution in [1.82, 2.24) is 9.55 Å². The van der Waals surface area contributed by atoms with E-state index in [2.05, 4.69) is 4.98 Å². The summed E-state index contributed by atoms with van der Waals surface area (Å²) in [6, 6.07) is 0. The number of aromatic nitrogens is 2. The van der Waals surface area contributed by atoms with E-state index in [9.17, 15) is 4.79 Å². The predicted molar refractivity (Wildman–Crippen MR) is 81.0 cm³/mol. The third-order valence-electron chi connectivity index (χ3n) is 3.24. The largest absolute Gasteiger partial charge is 0.496 e. The fourth-order valence-electron chi connectivity index (χ4n) is 2.20. The van der Waals surface area contributed by atoms with Gasteiger partial charge < -0.3 is 19.9 Å². The molecule has 2 rings (SSSR count). The van der Waals surface area contributed by atoms with Crippen LogP contribution in [0, 0.1) is 6.92 Å². The lowest BCUT2D eigenvalue weighted by Gasteiger charge is -2.17. The van der Waals surface area contributed by atoms with E-state index in [1.807, 2.05) is 0 Å². The first kappa shape index (κ1) is 15.7. The van der Waals surface area contributed by atoms with Crippen LogP contribution in [0.3, 0.4) is 0 Å². The zero-order valence-electron chi connectivity index (χ0n) is 12.5. The van der Waals surface area contributed by atoms with Crippen molar-refractivity contribution in [3.63, 3.8) is 0 Å². The van der Waals surface area contributed by atoms with Crippen molar-refractivity contribution in [1.29, 1.82) is 0 Å². The highest BCUT2D eigenvalue weighted by molar-refractivity contribution is 8.00. The van der Waals surface area contributed by atoms with Crippen molar-refractivity contribution in [2.24, 2.45) is 0 Å². The van der Waals surface area contributed by atoms with Gasteiger partial charge in [-0.3, -0.25) is 4.57 Å². The molecule has 2 N–H and O–H groups in total. The molecule has 1 aliphatic rings. The Morgan fingerprint density at radius 2 is 2.00 bits per heavy atom. The molecule has 1 aromatic heterocycles. The van der Waals surface area contributed by atoms with Gasteiger partial charge in [-0.25, -0.2) is 4.79 Å². The summed E-state index contributed by atoms with van der Waals surface area (Å²) in [5, 5.41) is -0.380. The summed E-state index contributed by atoms with van der Waals surface area (Å²) in [4.78, 5) is 15.9. The van der Waals surface area contributed by atoms with Crippen molar-refractivity contribution < 1.29 is 14.2 Å². The summed E-state index contributed by atoms with van der Waals surface area (Å²) in [7, 11) is 4.75. The molecule has 0 bridgehead atoms. The standard InChI is InChI=1S/C13H19N3O4S/c1-7-5-16(13(17)15-11(7)14)12-10(20-4)9(19-3)8(21-12)6-18-2/h5,8,12H,6H2,1-4H3,(H2,14,15,17)/t8-,12-/m1/s1. The molecule has 0 unspecified atom stereocenters. The third-order valence-corrected chi connectivity index (χ3v) is 4.61. The van der Waals surface area contributed by atoms with Crippen LogP contribution in [0.5, 0.6) is 0 Å². The maximum atomic E-state index is 12.1. The monoisotopic (exact) mass is 313 g/mol. The average molecular weight is 313 g/mol. The van der Waals surface area contributed by atoms with Gasteiger partial charge in [0.15, 0.2) is 11.5 Å². The summed E-state index contributed by atoms with van der Waals surface area (Å²) in [6.45, 7) is 2.27. The molecule has 0 radical (unpaired) electrons. The van der Waals surface area contributed by atoms with Crippen LogP contribution < -0.4 is 11.4 Å². The van der Waals surface area contributed by atoms with Crippen LogP contribution in [0.2, 0.25) is 0 Å². The molecule has 1 aromatic rings. The molecular formula is C13H19N3O4S. The maximum Gasteiger partial charge on any atom is 0.350 e. The van der Waals surface area contributed by atoms with Gasteiger partial charge >= 0.3 is 5.69 Å². The van der Waals surface area contributed by atoms with Crippen molar-refractivity contribution in [3.8, 4) is 0 Å². The third kappa shape index (κ3) is 2.86. The summed E-state index contributed by atoms with van der Waals surface area (Å²) in [5.41, 5.74) is 5.98. The Balaban J connectivity index is 2.47. The van der Waals surface area contributed by atoms with Crippen molar-refractivity contribution >= 4 is 17.6 Å². The molecular weight excluding hydrogens is 294 g/mol. The number of aryl methyl sites for hydroxylation is 1. The van der Waals surface area contributed by atoms with E-state index in [0.29, 0.717) is 18.1 Å². The Morgan fingerprint density at radius 3 is 2.57 bits per heavy atom. The van der Waals surface area contributed by atoms with Gasteiger partial charge in [0.05, 0.1) is 26.1 Å². The Morgan fingerprint density at radius 1 is 1.33 bits per heavy atom. The molecule has 0 amide bonds. The number of nitrogen functional groups attached to an aromatic ring is 1. The SMILES string of the molecule is COC[C@H]1S[C@@H](n2cc(C)c(N)nc2=O)C(OC)=C1OC. The maximum absolute atomic E-state index is 12.1. The van der Waals surface area contributed by atoms with Crippen LogP contribution in [0.1, 0.15) is 10.9 Å². The first-order valence-electron chi connectivity index (χ1n) is 6.35. The molecule has 116 valence electrons. The molecule has 0 fully saturated rings. The second-order valence-corrected chi connectivity index (χ2v) is 5.86. The van der Waals surface area contributed by atoms with Crippen LogP contribution in [0.4, 0.5) is 5.82 Å². The van der Waals surface area contributed by atoms with Gasteiger partial charge in [0.2, 0.25) is 0 Å². The Kier molecular flexibility index (Phi) is 4.79. The number of methoxy groups -OCH3 is 3. The molecule has 0 aliphatic carbocycles. The zero-order chi connectivity index (χ0) is 15.6. The molecule has 0 aromatic carbocycles. The van der Waals surface area contributed by atoms with Crippen molar-refractivity contribution in [3.05, 3.63) is 33.8 Å². The predicted octanol–water partition coefficient (Wildman–Crippen LogP) is 0.899. The Bertz CT molecular complexity index is 614. The van der Waals surface area contributed by atoms with Crippen molar-refractivity contribution in [2.45, 2.75) is 17.5 Å². The summed E-state index contributed by atoms with van der Waals surface area (Å²) in [5.74, 6) is 1.51. The molecule has 0 saturated carbocycles. The Hall–Kier alpha value is -1.67. The number of hydrogen-bond acceptors (Lipinski definition) is 7. The van der Waals surface area contributed by atoms with E-state index in [1.54, 1.807) is 34.4 Å². The van der Waals surface area contributed by atoms with E-state index in [4.69, 9.17) is 19.9 Å². The first-order chi connectivity index (χ1) is 10.0. The smallest absolute Gasteiger partial charge is 0.350 e. The van der Waals surface area contributed by atoms with E-state index < -0.39 is 5.69 Å². The van der Waals surface area contributed by atoms with Gasteiger partial charge in [-0.15, -0.1) is 11.8 Å². The number of rotatable bonds is 5. The summed E-state index contributed by atoms with van der Waals surface area (Å²) in [6.07, 6.45) is 1.68. The minimum absolute atomic E-state index is 0.0373. The second kappa shape index (κ2) is 6.40. The number of ether oxygens (including phenoxy) is 3. The lowest BCUT2D eigenvalue weighted by Crippen LogP contribution is -2.27. The molecule has 1 aliphatic heterocycles. The fourth-order valence-corrected chi connectivity index (χ4v) is 3.68. The number of thioether (sulfide) groups is 1. The molecule has 21 heavy (non-hydrogen) atoms. The molecule has 0 saturated heterocycles. The zero-order valence-corrected chi connectivity index (χ0v) is 13.3. The average Bonchev–Trinajstić information content (AvgIpc) is 2.80. The molecule has 7 nitrogen and oxygen atoms in total. The van der Waals surface area contributed by atoms with E-state index in [0.717, 1.165) is 5.56 Å². The van der Waals surface area contributed by atoms with E-state index >= 15 is 0 Å². The van der Waals surface area contributed by atoms with Crippen LogP contribution >= 0.6 is 11.8 Å². The highest BCUT2D eigenvalue weighted by atomic mass is 32.2. The van der Waals surface area contributed by atoms with Gasteiger partial charge in [-0.05, 0) is 6.92 Å². The normalized spacial score (nSPS) is 21.7. The number of hydrogen-bond donors (Lipinski definition) is 1. The lowest BCUT2D eigenvalue weighted by atomic mass is 10.3. The van der Waals surface area contributed by atoms with Crippen molar-refractivity contribution in [2.75, 3.05) is 33.7 Å². The summed E-state index contributed by atoms with van der Waals surface area (Å²) < 4.78 is 17.6. The lowest BCUT2D eigenvalue weighted by molar-refractivity contribution is 0.168. The summed E-state index contributed by atoms with van der Waals surface area (Å²) >= 11 is 1.52. The fraction of sp³-hybridized carbons (Fsp3) is 0.538. The molecule has 0 spiro atoms. The van der Waals surface area contributed by atoms with Gasteiger partial charge in [0.1, 0.15) is 11.2 Å². The van der Waals surface area contributed by atoms with Crippen LogP contribution in [-0.4, -0.2) is 42.7 Å².